The van der Waals surface area contributed by atoms with Gasteiger partial charge < -0.3 is 10.2 Å². The zero-order valence-corrected chi connectivity index (χ0v) is 9.76. The van der Waals surface area contributed by atoms with Gasteiger partial charge in [-0.05, 0) is 25.0 Å². The van der Waals surface area contributed by atoms with Crippen molar-refractivity contribution in [3.05, 3.63) is 20.9 Å². The third-order valence-electron chi connectivity index (χ3n) is 2.51. The van der Waals surface area contributed by atoms with Crippen molar-refractivity contribution < 1.29 is 10.2 Å². The van der Waals surface area contributed by atoms with Crippen molar-refractivity contribution in [2.75, 3.05) is 0 Å². The Bertz CT molecular complexity index is 428. The number of aliphatic hydroxyl groups excluding tert-OH is 2. The molecule has 0 aliphatic heterocycles. The fraction of sp³-hybridized carbons (Fsp3) is 0.400. The molecule has 0 aliphatic carbocycles. The summed E-state index contributed by atoms with van der Waals surface area (Å²) in [6.07, 6.45) is 0. The minimum Gasteiger partial charge on any atom is -0.391 e. The Kier molecular flexibility index (Phi) is 2.62. The molecular weight excluding hydrogens is 216 g/mol. The monoisotopic (exact) mass is 228 g/mol. The SMILES string of the molecule is Cc1c(CO)sc2sc(CO)c(C)c12. The molecule has 0 fully saturated rings. The van der Waals surface area contributed by atoms with Crippen LogP contribution in [-0.2, 0) is 13.2 Å². The molecule has 0 aromatic carbocycles. The molecule has 4 heteroatoms. The first-order valence-electron chi connectivity index (χ1n) is 4.41. The molecule has 0 bridgehead atoms. The Morgan fingerprint density at radius 3 is 1.64 bits per heavy atom. The minimum absolute atomic E-state index is 0.117. The number of rotatable bonds is 2. The summed E-state index contributed by atoms with van der Waals surface area (Å²) in [7, 11) is 0. The normalized spacial score (nSPS) is 11.4. The number of fused-ring (bicyclic) bond motifs is 1. The summed E-state index contributed by atoms with van der Waals surface area (Å²) in [5.41, 5.74) is 2.34. The second kappa shape index (κ2) is 3.62. The first-order chi connectivity index (χ1) is 6.69. The molecule has 0 amide bonds. The van der Waals surface area contributed by atoms with Crippen LogP contribution in [0.3, 0.4) is 0 Å². The van der Waals surface area contributed by atoms with Crippen molar-refractivity contribution >= 4 is 32.1 Å². The van der Waals surface area contributed by atoms with Crippen LogP contribution in [0.15, 0.2) is 0 Å². The van der Waals surface area contributed by atoms with E-state index >= 15 is 0 Å². The van der Waals surface area contributed by atoms with Crippen molar-refractivity contribution in [3.63, 3.8) is 0 Å². The lowest BCUT2D eigenvalue weighted by Gasteiger charge is -1.96. The number of thiophene rings is 2. The van der Waals surface area contributed by atoms with E-state index in [0.717, 1.165) is 9.75 Å². The zero-order valence-electron chi connectivity index (χ0n) is 8.13. The van der Waals surface area contributed by atoms with Crippen molar-refractivity contribution in [1.82, 2.24) is 0 Å². The molecule has 0 unspecified atom stereocenters. The summed E-state index contributed by atoms with van der Waals surface area (Å²) in [5.74, 6) is 0. The van der Waals surface area contributed by atoms with Gasteiger partial charge in [0, 0.05) is 15.1 Å². The minimum atomic E-state index is 0.117. The van der Waals surface area contributed by atoms with E-state index in [-0.39, 0.29) is 13.2 Å². The summed E-state index contributed by atoms with van der Waals surface area (Å²) in [6.45, 7) is 4.30. The standard InChI is InChI=1S/C10H12O2S2/c1-5-7(3-11)13-10-9(5)6(2)8(4-12)14-10/h11-12H,3-4H2,1-2H3. The Morgan fingerprint density at radius 2 is 1.36 bits per heavy atom. The van der Waals surface area contributed by atoms with Crippen LogP contribution in [0, 0.1) is 13.8 Å². The highest BCUT2D eigenvalue weighted by atomic mass is 32.2. The highest BCUT2D eigenvalue weighted by molar-refractivity contribution is 7.38. The van der Waals surface area contributed by atoms with Gasteiger partial charge >= 0.3 is 0 Å². The predicted octanol–water partition coefficient (Wildman–Crippen LogP) is 2.56. The Labute approximate surface area is 90.4 Å². The van der Waals surface area contributed by atoms with Crippen molar-refractivity contribution in [3.8, 4) is 0 Å². The average molecular weight is 228 g/mol. The van der Waals surface area contributed by atoms with Gasteiger partial charge in [0.15, 0.2) is 0 Å². The number of aliphatic hydroxyl groups is 2. The molecule has 0 atom stereocenters. The zero-order chi connectivity index (χ0) is 10.3. The first-order valence-corrected chi connectivity index (χ1v) is 6.04. The largest absolute Gasteiger partial charge is 0.391 e. The van der Waals surface area contributed by atoms with Gasteiger partial charge in [-0.2, -0.15) is 0 Å². The van der Waals surface area contributed by atoms with E-state index in [4.69, 9.17) is 10.2 Å². The van der Waals surface area contributed by atoms with Crippen LogP contribution in [0.1, 0.15) is 20.9 Å². The van der Waals surface area contributed by atoms with E-state index in [2.05, 4.69) is 0 Å². The van der Waals surface area contributed by atoms with Crippen LogP contribution in [-0.4, -0.2) is 10.2 Å². The summed E-state index contributed by atoms with van der Waals surface area (Å²) < 4.78 is 1.22. The molecule has 0 aliphatic rings. The predicted molar refractivity (Wildman–Crippen MR) is 61.0 cm³/mol. The third kappa shape index (κ3) is 1.30. The fourth-order valence-electron chi connectivity index (χ4n) is 1.67. The van der Waals surface area contributed by atoms with Crippen LogP contribution < -0.4 is 0 Å². The topological polar surface area (TPSA) is 40.5 Å². The third-order valence-corrected chi connectivity index (χ3v) is 5.15. The Morgan fingerprint density at radius 1 is 0.929 bits per heavy atom. The molecule has 2 N–H and O–H groups in total. The van der Waals surface area contributed by atoms with Gasteiger partial charge in [0.2, 0.25) is 0 Å². The van der Waals surface area contributed by atoms with Gasteiger partial charge in [-0.25, -0.2) is 0 Å². The molecule has 2 rings (SSSR count). The van der Waals surface area contributed by atoms with E-state index in [1.165, 1.54) is 20.5 Å². The van der Waals surface area contributed by atoms with Gasteiger partial charge in [-0.15, -0.1) is 22.7 Å². The molecule has 2 heterocycles. The van der Waals surface area contributed by atoms with Crippen LogP contribution in [0.4, 0.5) is 0 Å². The summed E-state index contributed by atoms with van der Waals surface area (Å²) >= 11 is 3.26. The van der Waals surface area contributed by atoms with Crippen LogP contribution in [0.2, 0.25) is 0 Å². The van der Waals surface area contributed by atoms with Crippen molar-refractivity contribution in [2.24, 2.45) is 0 Å². The number of hydrogen-bond donors (Lipinski definition) is 2. The maximum absolute atomic E-state index is 9.12. The van der Waals surface area contributed by atoms with Gasteiger partial charge in [-0.1, -0.05) is 0 Å². The molecule has 76 valence electrons. The Hall–Kier alpha value is -0.420. The van der Waals surface area contributed by atoms with E-state index in [1.807, 2.05) is 13.8 Å². The van der Waals surface area contributed by atoms with Crippen LogP contribution >= 0.6 is 22.7 Å². The first kappa shape index (κ1) is 10.1. The summed E-state index contributed by atoms with van der Waals surface area (Å²) in [4.78, 5) is 2.08. The second-order valence-corrected chi connectivity index (χ2v) is 5.75. The van der Waals surface area contributed by atoms with Gasteiger partial charge in [0.1, 0.15) is 0 Å². The van der Waals surface area contributed by atoms with Crippen LogP contribution in [0.25, 0.3) is 9.40 Å². The van der Waals surface area contributed by atoms with E-state index in [0.29, 0.717) is 0 Å². The lowest BCUT2D eigenvalue weighted by atomic mass is 10.1. The average Bonchev–Trinajstić information content (AvgIpc) is 2.65. The maximum Gasteiger partial charge on any atom is 0.0878 e. The second-order valence-electron chi connectivity index (χ2n) is 3.28. The highest BCUT2D eigenvalue weighted by Gasteiger charge is 2.15. The van der Waals surface area contributed by atoms with Gasteiger partial charge in [0.05, 0.1) is 17.2 Å². The van der Waals surface area contributed by atoms with E-state index in [1.54, 1.807) is 22.7 Å². The molecule has 14 heavy (non-hydrogen) atoms. The maximum atomic E-state index is 9.12. The van der Waals surface area contributed by atoms with Gasteiger partial charge in [0.25, 0.3) is 0 Å². The highest BCUT2D eigenvalue weighted by Crippen LogP contribution is 2.40. The smallest absolute Gasteiger partial charge is 0.0878 e. The molecule has 0 radical (unpaired) electrons. The number of hydrogen-bond acceptors (Lipinski definition) is 4. The Balaban J connectivity index is 2.73. The van der Waals surface area contributed by atoms with Crippen LogP contribution in [0.5, 0.6) is 0 Å². The van der Waals surface area contributed by atoms with Crippen molar-refractivity contribution in [2.45, 2.75) is 27.1 Å². The van der Waals surface area contributed by atoms with E-state index in [9.17, 15) is 0 Å². The summed E-state index contributed by atoms with van der Waals surface area (Å²) in [6, 6.07) is 0. The molecule has 0 spiro atoms. The summed E-state index contributed by atoms with van der Waals surface area (Å²) in [5, 5.41) is 19.5. The quantitative estimate of drug-likeness (QED) is 0.829. The number of aryl methyl sites for hydroxylation is 2. The molecule has 0 saturated carbocycles. The molecule has 2 aromatic heterocycles. The fourth-order valence-corrected chi connectivity index (χ4v) is 4.34. The van der Waals surface area contributed by atoms with Gasteiger partial charge in [-0.3, -0.25) is 0 Å². The lowest BCUT2D eigenvalue weighted by molar-refractivity contribution is 0.285. The molecule has 2 nitrogen and oxygen atoms in total. The lowest BCUT2D eigenvalue weighted by Crippen LogP contribution is -1.83. The molecular formula is C10H12O2S2. The van der Waals surface area contributed by atoms with Crippen molar-refractivity contribution in [1.29, 1.82) is 0 Å². The molecule has 0 saturated heterocycles. The van der Waals surface area contributed by atoms with E-state index < -0.39 is 0 Å². The molecule has 2 aromatic rings.